The molecule has 1 aromatic carbocycles. The van der Waals surface area contributed by atoms with Gasteiger partial charge in [0, 0.05) is 17.6 Å². The SMILES string of the molecule is CC1CCCCC12NC(=O)N(CC(=O)Nc1cc(Br)ccc1N1CCOCC1)C2=O. The molecule has 2 saturated heterocycles. The smallest absolute Gasteiger partial charge is 0.325 e. The zero-order valence-corrected chi connectivity index (χ0v) is 18.7. The molecule has 2 unspecified atom stereocenters. The van der Waals surface area contributed by atoms with Crippen LogP contribution in [0.25, 0.3) is 0 Å². The number of ether oxygens (including phenoxy) is 1. The van der Waals surface area contributed by atoms with Gasteiger partial charge in [0.15, 0.2) is 0 Å². The number of benzene rings is 1. The van der Waals surface area contributed by atoms with E-state index in [1.165, 1.54) is 0 Å². The minimum atomic E-state index is -0.857. The molecule has 3 aliphatic rings. The largest absolute Gasteiger partial charge is 0.378 e. The highest BCUT2D eigenvalue weighted by molar-refractivity contribution is 9.10. The summed E-state index contributed by atoms with van der Waals surface area (Å²) in [5.74, 6) is -0.613. The Morgan fingerprint density at radius 1 is 1.30 bits per heavy atom. The standard InChI is InChI=1S/C21H27BrN4O4/c1-14-4-2-3-7-21(14)19(28)26(20(29)24-21)13-18(27)23-16-12-15(22)5-6-17(16)25-8-10-30-11-9-25/h5-6,12,14H,2-4,7-11,13H2,1H3,(H,23,27)(H,24,29). The molecule has 4 rings (SSSR count). The first-order valence-corrected chi connectivity index (χ1v) is 11.3. The van der Waals surface area contributed by atoms with Crippen molar-refractivity contribution in [3.8, 4) is 0 Å². The van der Waals surface area contributed by atoms with E-state index in [1.54, 1.807) is 0 Å². The van der Waals surface area contributed by atoms with Gasteiger partial charge in [0.05, 0.1) is 24.6 Å². The fourth-order valence-electron chi connectivity index (χ4n) is 4.66. The molecule has 1 spiro atoms. The molecule has 8 nitrogen and oxygen atoms in total. The number of urea groups is 1. The minimum absolute atomic E-state index is 0.0637. The average Bonchev–Trinajstić information content (AvgIpc) is 2.96. The van der Waals surface area contributed by atoms with Gasteiger partial charge in [0.25, 0.3) is 5.91 Å². The third kappa shape index (κ3) is 3.92. The average molecular weight is 479 g/mol. The maximum Gasteiger partial charge on any atom is 0.325 e. The summed E-state index contributed by atoms with van der Waals surface area (Å²) in [6.07, 6.45) is 3.48. The maximum atomic E-state index is 13.1. The predicted octanol–water partition coefficient (Wildman–Crippen LogP) is 2.72. The van der Waals surface area contributed by atoms with Crippen molar-refractivity contribution in [2.24, 2.45) is 5.92 Å². The van der Waals surface area contributed by atoms with Gasteiger partial charge >= 0.3 is 6.03 Å². The molecule has 9 heteroatoms. The molecule has 1 aromatic rings. The van der Waals surface area contributed by atoms with Crippen LogP contribution in [0.5, 0.6) is 0 Å². The van der Waals surface area contributed by atoms with E-state index in [2.05, 4.69) is 31.5 Å². The van der Waals surface area contributed by atoms with E-state index in [0.717, 1.165) is 47.4 Å². The Balaban J connectivity index is 1.48. The van der Waals surface area contributed by atoms with Crippen molar-refractivity contribution in [1.82, 2.24) is 10.2 Å². The Morgan fingerprint density at radius 3 is 2.80 bits per heavy atom. The summed E-state index contributed by atoms with van der Waals surface area (Å²) in [7, 11) is 0. The number of anilines is 2. The number of hydrogen-bond acceptors (Lipinski definition) is 5. The molecule has 1 aliphatic carbocycles. The van der Waals surface area contributed by atoms with Crippen LogP contribution in [0.4, 0.5) is 16.2 Å². The molecule has 2 atom stereocenters. The van der Waals surface area contributed by atoms with Crippen molar-refractivity contribution in [3.63, 3.8) is 0 Å². The monoisotopic (exact) mass is 478 g/mol. The number of nitrogens with one attached hydrogen (secondary N) is 2. The topological polar surface area (TPSA) is 91.0 Å². The van der Waals surface area contributed by atoms with Crippen molar-refractivity contribution in [2.75, 3.05) is 43.1 Å². The number of rotatable bonds is 4. The van der Waals surface area contributed by atoms with Gasteiger partial charge in [0.1, 0.15) is 12.1 Å². The molecule has 4 amide bonds. The lowest BCUT2D eigenvalue weighted by Crippen LogP contribution is -2.54. The molecule has 2 heterocycles. The Morgan fingerprint density at radius 2 is 2.07 bits per heavy atom. The quantitative estimate of drug-likeness (QED) is 0.649. The molecule has 2 aliphatic heterocycles. The minimum Gasteiger partial charge on any atom is -0.378 e. The van der Waals surface area contributed by atoms with E-state index in [0.29, 0.717) is 25.3 Å². The summed E-state index contributed by atoms with van der Waals surface area (Å²) in [5, 5.41) is 5.78. The number of amides is 4. The van der Waals surface area contributed by atoms with Crippen LogP contribution in [0.3, 0.4) is 0 Å². The van der Waals surface area contributed by atoms with Gasteiger partial charge in [-0.3, -0.25) is 14.5 Å². The number of carbonyl (C=O) groups excluding carboxylic acids is 3. The highest BCUT2D eigenvalue weighted by atomic mass is 79.9. The lowest BCUT2D eigenvalue weighted by molar-refractivity contribution is -0.136. The highest BCUT2D eigenvalue weighted by Gasteiger charge is 2.55. The van der Waals surface area contributed by atoms with Gasteiger partial charge in [-0.05, 0) is 37.0 Å². The zero-order valence-electron chi connectivity index (χ0n) is 17.1. The van der Waals surface area contributed by atoms with Crippen LogP contribution < -0.4 is 15.5 Å². The Hall–Kier alpha value is -2.13. The van der Waals surface area contributed by atoms with Crippen LogP contribution in [0.15, 0.2) is 22.7 Å². The normalized spacial score (nSPS) is 26.8. The van der Waals surface area contributed by atoms with Crippen LogP contribution >= 0.6 is 15.9 Å². The second kappa shape index (κ2) is 8.55. The van der Waals surface area contributed by atoms with Crippen molar-refractivity contribution in [3.05, 3.63) is 22.7 Å². The first-order chi connectivity index (χ1) is 14.4. The van der Waals surface area contributed by atoms with Crippen LogP contribution in [0.2, 0.25) is 0 Å². The van der Waals surface area contributed by atoms with Crippen LogP contribution in [0.1, 0.15) is 32.6 Å². The molecule has 1 saturated carbocycles. The summed E-state index contributed by atoms with van der Waals surface area (Å²) in [4.78, 5) is 41.7. The second-order valence-electron chi connectivity index (χ2n) is 8.25. The third-order valence-corrected chi connectivity index (χ3v) is 6.88. The van der Waals surface area contributed by atoms with Gasteiger partial charge in [-0.15, -0.1) is 0 Å². The fourth-order valence-corrected chi connectivity index (χ4v) is 5.02. The molecule has 0 aromatic heterocycles. The predicted molar refractivity (Wildman–Crippen MR) is 116 cm³/mol. The van der Waals surface area contributed by atoms with Crippen LogP contribution in [-0.4, -0.2) is 61.1 Å². The summed E-state index contributed by atoms with van der Waals surface area (Å²) in [6.45, 7) is 4.43. The lowest BCUT2D eigenvalue weighted by Gasteiger charge is -2.36. The number of nitrogens with zero attached hydrogens (tertiary/aromatic N) is 2. The molecule has 0 bridgehead atoms. The van der Waals surface area contributed by atoms with E-state index in [-0.39, 0.29) is 18.4 Å². The number of morpholine rings is 1. The highest BCUT2D eigenvalue weighted by Crippen LogP contribution is 2.38. The lowest BCUT2D eigenvalue weighted by atomic mass is 9.73. The van der Waals surface area contributed by atoms with Crippen LogP contribution in [-0.2, 0) is 14.3 Å². The summed E-state index contributed by atoms with van der Waals surface area (Å²) in [5.41, 5.74) is 0.679. The summed E-state index contributed by atoms with van der Waals surface area (Å²) < 4.78 is 6.25. The van der Waals surface area contributed by atoms with Crippen molar-refractivity contribution in [1.29, 1.82) is 0 Å². The van der Waals surface area contributed by atoms with Crippen LogP contribution in [0, 0.1) is 5.92 Å². The number of hydrogen-bond donors (Lipinski definition) is 2. The third-order valence-electron chi connectivity index (χ3n) is 6.39. The van der Waals surface area contributed by atoms with Gasteiger partial charge in [-0.2, -0.15) is 0 Å². The van der Waals surface area contributed by atoms with E-state index in [9.17, 15) is 14.4 Å². The molecular weight excluding hydrogens is 452 g/mol. The van der Waals surface area contributed by atoms with Gasteiger partial charge in [-0.1, -0.05) is 35.7 Å². The molecule has 2 N–H and O–H groups in total. The molecule has 30 heavy (non-hydrogen) atoms. The maximum absolute atomic E-state index is 13.1. The van der Waals surface area contributed by atoms with E-state index >= 15 is 0 Å². The zero-order chi connectivity index (χ0) is 21.3. The first-order valence-electron chi connectivity index (χ1n) is 10.5. The molecule has 3 fully saturated rings. The van der Waals surface area contributed by atoms with Crippen molar-refractivity contribution >= 4 is 45.2 Å². The number of carbonyl (C=O) groups is 3. The summed E-state index contributed by atoms with van der Waals surface area (Å²) >= 11 is 3.45. The molecular formula is C21H27BrN4O4. The van der Waals surface area contributed by atoms with E-state index in [4.69, 9.17) is 4.74 Å². The Kier molecular flexibility index (Phi) is 6.02. The summed E-state index contributed by atoms with van der Waals surface area (Å²) in [6, 6.07) is 5.22. The van der Waals surface area contributed by atoms with Crippen molar-refractivity contribution < 1.29 is 19.1 Å². The fraction of sp³-hybridized carbons (Fsp3) is 0.571. The van der Waals surface area contributed by atoms with Gasteiger partial charge < -0.3 is 20.3 Å². The first kappa shape index (κ1) is 21.1. The van der Waals surface area contributed by atoms with E-state index < -0.39 is 17.5 Å². The van der Waals surface area contributed by atoms with Gasteiger partial charge in [0.2, 0.25) is 5.91 Å². The molecule has 0 radical (unpaired) electrons. The van der Waals surface area contributed by atoms with E-state index in [1.807, 2.05) is 25.1 Å². The Bertz CT molecular complexity index is 857. The van der Waals surface area contributed by atoms with Gasteiger partial charge in [-0.25, -0.2) is 4.79 Å². The number of halogens is 1. The van der Waals surface area contributed by atoms with Crippen molar-refractivity contribution in [2.45, 2.75) is 38.1 Å². The Labute approximate surface area is 184 Å². The molecule has 162 valence electrons. The number of imide groups is 1. The second-order valence-corrected chi connectivity index (χ2v) is 9.16.